The number of piperazine rings is 1. The van der Waals surface area contributed by atoms with Crippen LogP contribution in [-0.2, 0) is 15.8 Å². The molecule has 1 N–H and O–H groups in total. The lowest BCUT2D eigenvalue weighted by molar-refractivity contribution is -0.138. The summed E-state index contributed by atoms with van der Waals surface area (Å²) in [6.07, 6.45) is -2.26. The predicted octanol–water partition coefficient (Wildman–Crippen LogP) is 3.23. The predicted molar refractivity (Wildman–Crippen MR) is 164 cm³/mol. The number of nitrogens with one attached hydrogen (secondary N) is 1. The molecule has 2 aromatic rings. The largest absolute Gasteiger partial charge is 0.417 e. The highest BCUT2D eigenvalue weighted by atomic mass is 19.4. The maximum atomic E-state index is 15.4. The number of para-hydroxylation sites is 1. The van der Waals surface area contributed by atoms with Crippen LogP contribution in [0.1, 0.15) is 29.7 Å². The van der Waals surface area contributed by atoms with Crippen LogP contribution >= 0.6 is 0 Å². The Morgan fingerprint density at radius 2 is 1.93 bits per heavy atom. The van der Waals surface area contributed by atoms with Crippen LogP contribution in [0.2, 0.25) is 0 Å². The van der Waals surface area contributed by atoms with Crippen molar-refractivity contribution in [2.75, 3.05) is 68.0 Å². The minimum absolute atomic E-state index is 0.0421. The highest BCUT2D eigenvalue weighted by Gasteiger charge is 2.48. The minimum atomic E-state index is -4.78. The van der Waals surface area contributed by atoms with Gasteiger partial charge in [-0.05, 0) is 44.0 Å². The number of fused-ring (bicyclic) bond motifs is 3. The van der Waals surface area contributed by atoms with Gasteiger partial charge in [-0.15, -0.1) is 0 Å². The van der Waals surface area contributed by atoms with Crippen LogP contribution in [0.15, 0.2) is 36.9 Å². The van der Waals surface area contributed by atoms with E-state index in [9.17, 15) is 28.0 Å². The number of benzene rings is 1. The number of aryl methyl sites for hydroxylation is 1. The van der Waals surface area contributed by atoms with E-state index in [1.54, 1.807) is 17.0 Å². The second-order valence-corrected chi connectivity index (χ2v) is 12.5. The molecule has 46 heavy (non-hydrogen) atoms. The van der Waals surface area contributed by atoms with Crippen LogP contribution in [0.3, 0.4) is 0 Å². The van der Waals surface area contributed by atoms with Crippen LogP contribution < -0.4 is 15.1 Å². The van der Waals surface area contributed by atoms with Gasteiger partial charge in [0.2, 0.25) is 11.8 Å². The summed E-state index contributed by atoms with van der Waals surface area (Å²) in [5, 5.41) is 12.5. The molecule has 4 aliphatic heterocycles. The second kappa shape index (κ2) is 12.2. The Morgan fingerprint density at radius 1 is 1.17 bits per heavy atom. The maximum Gasteiger partial charge on any atom is 0.417 e. The van der Waals surface area contributed by atoms with E-state index >= 15 is 4.39 Å². The third kappa shape index (κ3) is 5.78. The Bertz CT molecular complexity index is 1590. The molecule has 6 rings (SSSR count). The average Bonchev–Trinajstić information content (AvgIpc) is 3.58. The third-order valence-electron chi connectivity index (χ3n) is 9.71. The van der Waals surface area contributed by atoms with Gasteiger partial charge >= 0.3 is 6.18 Å². The van der Waals surface area contributed by atoms with Crippen LogP contribution in [0, 0.1) is 24.1 Å². The first-order valence-corrected chi connectivity index (χ1v) is 15.4. The molecule has 10 nitrogen and oxygen atoms in total. The monoisotopic (exact) mass is 640 g/mol. The Morgan fingerprint density at radius 3 is 2.59 bits per heavy atom. The van der Waals surface area contributed by atoms with Gasteiger partial charge in [0, 0.05) is 76.7 Å². The number of likely N-dealkylation sites (N-methyl/N-ethyl adjacent to an activating group) is 1. The second-order valence-electron chi connectivity index (χ2n) is 12.5. The van der Waals surface area contributed by atoms with Gasteiger partial charge in [-0.25, -0.2) is 9.37 Å². The molecule has 2 amide bonds. The number of anilines is 3. The first-order chi connectivity index (χ1) is 21.9. The lowest BCUT2D eigenvalue weighted by atomic mass is 10.0. The first-order valence-electron chi connectivity index (χ1n) is 15.4. The number of aromatic nitrogens is 1. The molecule has 0 unspecified atom stereocenters. The summed E-state index contributed by atoms with van der Waals surface area (Å²) in [5.74, 6) is -1.30. The molecular formula is C32H36F4N8O2. The molecular weight excluding hydrogens is 604 g/mol. The third-order valence-corrected chi connectivity index (χ3v) is 9.71. The molecule has 0 spiro atoms. The van der Waals surface area contributed by atoms with Crippen molar-refractivity contribution in [2.45, 2.75) is 50.1 Å². The number of alkyl halides is 3. The molecule has 5 heterocycles. The van der Waals surface area contributed by atoms with Gasteiger partial charge in [0.05, 0.1) is 16.9 Å². The fraction of sp³-hybridized carbons (Fsp3) is 0.500. The summed E-state index contributed by atoms with van der Waals surface area (Å²) in [7, 11) is 1.51. The highest BCUT2D eigenvalue weighted by molar-refractivity contribution is 6.01. The van der Waals surface area contributed by atoms with E-state index in [0.29, 0.717) is 55.7 Å². The van der Waals surface area contributed by atoms with Crippen molar-refractivity contribution in [2.24, 2.45) is 0 Å². The van der Waals surface area contributed by atoms with E-state index in [2.05, 4.69) is 26.7 Å². The molecule has 1 aromatic heterocycles. The molecule has 4 aliphatic rings. The Labute approximate surface area is 264 Å². The van der Waals surface area contributed by atoms with Gasteiger partial charge in [0.1, 0.15) is 29.3 Å². The van der Waals surface area contributed by atoms with Crippen molar-refractivity contribution in [3.05, 3.63) is 59.6 Å². The normalized spacial score (nSPS) is 23.9. The van der Waals surface area contributed by atoms with E-state index in [4.69, 9.17) is 0 Å². The minimum Gasteiger partial charge on any atom is -0.366 e. The fourth-order valence-electron chi connectivity index (χ4n) is 7.32. The standard InChI is InChI=1S/C32H36F4N8O2/c1-4-28(45)43-16-22(17-43)44-18-20-13-21(44)15-42(20)11-10-41-9-8-26(31(46)40(3)27-7-5-6-25(33)29(27)41)39-30-23(14-37)24(32(34,35)36)12-19(2)38-30/h4-7,12,20-22,26H,1,8-11,13,15-18H2,2-3H3,(H,38,39)/t20-,21-,26-/m0/s1. The van der Waals surface area contributed by atoms with Crippen molar-refractivity contribution in [3.63, 3.8) is 0 Å². The van der Waals surface area contributed by atoms with Crippen LogP contribution in [-0.4, -0.2) is 109 Å². The summed E-state index contributed by atoms with van der Waals surface area (Å²) in [5.41, 5.74) is -1.10. The van der Waals surface area contributed by atoms with Crippen molar-refractivity contribution in [1.29, 1.82) is 5.26 Å². The lowest BCUT2D eigenvalue weighted by Gasteiger charge is -2.48. The van der Waals surface area contributed by atoms with Gasteiger partial charge in [-0.2, -0.15) is 18.4 Å². The molecule has 3 atom stereocenters. The molecule has 244 valence electrons. The Kier molecular flexibility index (Phi) is 8.41. The fourth-order valence-corrected chi connectivity index (χ4v) is 7.32. The molecule has 2 bridgehead atoms. The summed E-state index contributed by atoms with van der Waals surface area (Å²) in [6, 6.07) is 7.01. The van der Waals surface area contributed by atoms with E-state index < -0.39 is 35.1 Å². The first kappa shape index (κ1) is 31.7. The van der Waals surface area contributed by atoms with Gasteiger partial charge < -0.3 is 20.0 Å². The number of halogens is 4. The van der Waals surface area contributed by atoms with E-state index in [-0.39, 0.29) is 30.4 Å². The van der Waals surface area contributed by atoms with Crippen LogP contribution in [0.4, 0.5) is 34.8 Å². The number of nitrogens with zero attached hydrogens (tertiary/aromatic N) is 7. The lowest BCUT2D eigenvalue weighted by Crippen LogP contribution is -2.64. The number of carbonyl (C=O) groups is 2. The van der Waals surface area contributed by atoms with Crippen molar-refractivity contribution < 1.29 is 27.2 Å². The number of nitriles is 1. The highest BCUT2D eigenvalue weighted by Crippen LogP contribution is 2.38. The van der Waals surface area contributed by atoms with Crippen molar-refractivity contribution in [1.82, 2.24) is 19.7 Å². The number of hydrogen-bond donors (Lipinski definition) is 1. The number of carbonyl (C=O) groups excluding carboxylic acids is 2. The smallest absolute Gasteiger partial charge is 0.366 e. The van der Waals surface area contributed by atoms with Crippen LogP contribution in [0.25, 0.3) is 0 Å². The Balaban J connectivity index is 1.18. The number of likely N-dealkylation sites (tertiary alicyclic amines) is 3. The number of hydrogen-bond acceptors (Lipinski definition) is 8. The summed E-state index contributed by atoms with van der Waals surface area (Å²) in [4.78, 5) is 39.6. The molecule has 14 heteroatoms. The van der Waals surface area contributed by atoms with E-state index in [1.807, 2.05) is 4.90 Å². The van der Waals surface area contributed by atoms with E-state index in [1.165, 1.54) is 37.1 Å². The number of rotatable bonds is 7. The number of amides is 2. The zero-order chi connectivity index (χ0) is 32.9. The molecule has 3 saturated heterocycles. The molecule has 0 radical (unpaired) electrons. The van der Waals surface area contributed by atoms with Gasteiger partial charge in [0.15, 0.2) is 0 Å². The van der Waals surface area contributed by atoms with Crippen molar-refractivity contribution in [3.8, 4) is 6.07 Å². The summed E-state index contributed by atoms with van der Waals surface area (Å²) in [6.45, 7) is 9.54. The van der Waals surface area contributed by atoms with Gasteiger partial charge in [0.25, 0.3) is 0 Å². The molecule has 0 saturated carbocycles. The van der Waals surface area contributed by atoms with E-state index in [0.717, 1.165) is 25.6 Å². The Hall–Kier alpha value is -4.22. The maximum absolute atomic E-state index is 15.4. The molecule has 0 aliphatic carbocycles. The van der Waals surface area contributed by atoms with Gasteiger partial charge in [-0.3, -0.25) is 19.4 Å². The zero-order valence-electron chi connectivity index (χ0n) is 25.7. The summed E-state index contributed by atoms with van der Waals surface area (Å²) >= 11 is 0. The van der Waals surface area contributed by atoms with Gasteiger partial charge in [-0.1, -0.05) is 12.6 Å². The molecule has 1 aromatic carbocycles. The topological polar surface area (TPSA) is 99.0 Å². The summed E-state index contributed by atoms with van der Waals surface area (Å²) < 4.78 is 56.7. The molecule has 3 fully saturated rings. The van der Waals surface area contributed by atoms with Crippen LogP contribution in [0.5, 0.6) is 0 Å². The quantitative estimate of drug-likeness (QED) is 0.364. The SMILES string of the molecule is C=CC(=O)N1CC(N2C[C@@H]3C[C@H]2CN3CCN2CC[C@H](Nc3nc(C)cc(C(F)(F)F)c3C#N)C(=O)N(C)c3cccc(F)c32)C1. The van der Waals surface area contributed by atoms with Crippen molar-refractivity contribution >= 4 is 29.0 Å². The number of pyridine rings is 1. The average molecular weight is 641 g/mol. The zero-order valence-corrected chi connectivity index (χ0v) is 25.7.